The van der Waals surface area contributed by atoms with Crippen LogP contribution in [0.2, 0.25) is 0 Å². The Hall–Kier alpha value is -2.08. The average molecular weight is 345 g/mol. The zero-order valence-electron chi connectivity index (χ0n) is 14.1. The number of allylic oxidation sites excluding steroid dienone is 1. The Labute approximate surface area is 147 Å². The molecule has 0 bridgehead atoms. The van der Waals surface area contributed by atoms with Gasteiger partial charge in [-0.15, -0.1) is 0 Å². The predicted molar refractivity (Wildman–Crippen MR) is 99.7 cm³/mol. The molecule has 1 aliphatic carbocycles. The SMILES string of the molecule is COc1cc2[nH]c(=S)nc(NCCC3=CCCCC3)c2cc1OC. The number of methoxy groups -OCH3 is 2. The first kappa shape index (κ1) is 16.8. The molecular weight excluding hydrogens is 322 g/mol. The molecule has 1 aromatic heterocycles. The van der Waals surface area contributed by atoms with Crippen molar-refractivity contribution in [2.45, 2.75) is 32.1 Å². The highest BCUT2D eigenvalue weighted by Gasteiger charge is 2.11. The molecule has 6 heteroatoms. The summed E-state index contributed by atoms with van der Waals surface area (Å²) in [6, 6.07) is 3.81. The van der Waals surface area contributed by atoms with E-state index >= 15 is 0 Å². The Balaban J connectivity index is 1.86. The second-order valence-corrected chi connectivity index (χ2v) is 6.31. The highest BCUT2D eigenvalue weighted by molar-refractivity contribution is 7.71. The number of hydrogen-bond acceptors (Lipinski definition) is 5. The first-order chi connectivity index (χ1) is 11.7. The van der Waals surface area contributed by atoms with Crippen LogP contribution in [0.5, 0.6) is 11.5 Å². The van der Waals surface area contributed by atoms with Gasteiger partial charge >= 0.3 is 0 Å². The van der Waals surface area contributed by atoms with Gasteiger partial charge in [0.05, 0.1) is 19.7 Å². The highest BCUT2D eigenvalue weighted by atomic mass is 32.1. The molecule has 0 amide bonds. The molecule has 0 aliphatic heterocycles. The lowest BCUT2D eigenvalue weighted by molar-refractivity contribution is 0.356. The Morgan fingerprint density at radius 3 is 2.71 bits per heavy atom. The smallest absolute Gasteiger partial charge is 0.199 e. The van der Waals surface area contributed by atoms with Crippen molar-refractivity contribution in [3.8, 4) is 11.5 Å². The predicted octanol–water partition coefficient (Wildman–Crippen LogP) is 4.61. The van der Waals surface area contributed by atoms with E-state index in [2.05, 4.69) is 21.4 Å². The van der Waals surface area contributed by atoms with E-state index in [1.807, 2.05) is 12.1 Å². The minimum atomic E-state index is 0.453. The minimum Gasteiger partial charge on any atom is -0.493 e. The Bertz CT molecular complexity index is 814. The number of nitrogens with zero attached hydrogens (tertiary/aromatic N) is 1. The monoisotopic (exact) mass is 345 g/mol. The minimum absolute atomic E-state index is 0.453. The summed E-state index contributed by atoms with van der Waals surface area (Å²) in [7, 11) is 3.25. The lowest BCUT2D eigenvalue weighted by atomic mass is 9.97. The second-order valence-electron chi connectivity index (χ2n) is 5.93. The molecule has 0 unspecified atom stereocenters. The first-order valence-electron chi connectivity index (χ1n) is 8.29. The fraction of sp³-hybridized carbons (Fsp3) is 0.444. The van der Waals surface area contributed by atoms with Gasteiger partial charge in [-0.05, 0) is 50.4 Å². The third-order valence-electron chi connectivity index (χ3n) is 4.36. The number of ether oxygens (including phenoxy) is 2. The van der Waals surface area contributed by atoms with E-state index in [9.17, 15) is 0 Å². The van der Waals surface area contributed by atoms with E-state index in [1.54, 1.807) is 19.8 Å². The van der Waals surface area contributed by atoms with Crippen LogP contribution in [0.1, 0.15) is 32.1 Å². The van der Waals surface area contributed by atoms with Crippen LogP contribution in [0.3, 0.4) is 0 Å². The van der Waals surface area contributed by atoms with E-state index in [0.717, 1.165) is 29.7 Å². The zero-order chi connectivity index (χ0) is 16.9. The van der Waals surface area contributed by atoms with Gasteiger partial charge in [-0.25, -0.2) is 4.98 Å². The molecule has 2 aromatic rings. The molecule has 5 nitrogen and oxygen atoms in total. The number of aromatic nitrogens is 2. The molecule has 1 aromatic carbocycles. The third-order valence-corrected chi connectivity index (χ3v) is 4.55. The number of fused-ring (bicyclic) bond motifs is 1. The molecule has 0 radical (unpaired) electrons. The van der Waals surface area contributed by atoms with Crippen LogP contribution in [0.25, 0.3) is 10.9 Å². The fourth-order valence-electron chi connectivity index (χ4n) is 3.09. The van der Waals surface area contributed by atoms with Gasteiger partial charge in [-0.2, -0.15) is 0 Å². The van der Waals surface area contributed by atoms with Gasteiger partial charge in [0.25, 0.3) is 0 Å². The number of H-pyrrole nitrogens is 1. The largest absolute Gasteiger partial charge is 0.493 e. The van der Waals surface area contributed by atoms with Crippen molar-refractivity contribution in [3.05, 3.63) is 28.6 Å². The molecule has 0 atom stereocenters. The summed E-state index contributed by atoms with van der Waals surface area (Å²) < 4.78 is 11.2. The number of anilines is 1. The molecule has 3 rings (SSSR count). The molecule has 24 heavy (non-hydrogen) atoms. The first-order valence-corrected chi connectivity index (χ1v) is 8.70. The van der Waals surface area contributed by atoms with Crippen molar-refractivity contribution >= 4 is 28.9 Å². The number of rotatable bonds is 6. The van der Waals surface area contributed by atoms with Crippen molar-refractivity contribution in [1.29, 1.82) is 0 Å². The molecule has 1 aliphatic rings. The molecule has 0 saturated heterocycles. The molecule has 2 N–H and O–H groups in total. The lowest BCUT2D eigenvalue weighted by Crippen LogP contribution is -2.07. The summed E-state index contributed by atoms with van der Waals surface area (Å²) in [5.74, 6) is 2.13. The van der Waals surface area contributed by atoms with Crippen LogP contribution >= 0.6 is 12.2 Å². The Kier molecular flexibility index (Phi) is 5.35. The summed E-state index contributed by atoms with van der Waals surface area (Å²) in [5.41, 5.74) is 2.42. The summed E-state index contributed by atoms with van der Waals surface area (Å²) >= 11 is 5.25. The van der Waals surface area contributed by atoms with Crippen LogP contribution in [-0.4, -0.2) is 30.7 Å². The van der Waals surface area contributed by atoms with Crippen LogP contribution in [-0.2, 0) is 0 Å². The van der Waals surface area contributed by atoms with Gasteiger partial charge in [-0.3, -0.25) is 0 Å². The van der Waals surface area contributed by atoms with Gasteiger partial charge < -0.3 is 19.8 Å². The number of hydrogen-bond donors (Lipinski definition) is 2. The normalized spacial score (nSPS) is 14.3. The Morgan fingerprint density at radius 1 is 1.21 bits per heavy atom. The molecule has 0 fully saturated rings. The standard InChI is InChI=1S/C18H23N3O2S/c1-22-15-10-13-14(11-16(15)23-2)20-18(24)21-17(13)19-9-8-12-6-4-3-5-7-12/h6,10-11H,3-5,7-9H2,1-2H3,(H2,19,20,21,24). The molecule has 128 valence electrons. The molecule has 0 saturated carbocycles. The average Bonchev–Trinajstić information content (AvgIpc) is 2.61. The third kappa shape index (κ3) is 3.70. The van der Waals surface area contributed by atoms with E-state index in [0.29, 0.717) is 16.3 Å². The van der Waals surface area contributed by atoms with E-state index in [-0.39, 0.29) is 0 Å². The number of benzene rings is 1. The summed E-state index contributed by atoms with van der Waals surface area (Å²) in [6.07, 6.45) is 8.47. The maximum Gasteiger partial charge on any atom is 0.199 e. The van der Waals surface area contributed by atoms with Crippen molar-refractivity contribution in [3.63, 3.8) is 0 Å². The van der Waals surface area contributed by atoms with Crippen molar-refractivity contribution in [2.75, 3.05) is 26.1 Å². The summed E-state index contributed by atoms with van der Waals surface area (Å²) in [4.78, 5) is 7.56. The Morgan fingerprint density at radius 2 is 2.00 bits per heavy atom. The van der Waals surface area contributed by atoms with Gasteiger partial charge in [0, 0.05) is 18.0 Å². The van der Waals surface area contributed by atoms with Crippen LogP contribution < -0.4 is 14.8 Å². The van der Waals surface area contributed by atoms with Crippen molar-refractivity contribution in [1.82, 2.24) is 9.97 Å². The summed E-state index contributed by atoms with van der Waals surface area (Å²) in [5, 5.41) is 4.37. The highest BCUT2D eigenvalue weighted by Crippen LogP contribution is 2.33. The second kappa shape index (κ2) is 7.66. The number of nitrogens with one attached hydrogen (secondary N) is 2. The molecule has 0 spiro atoms. The fourth-order valence-corrected chi connectivity index (χ4v) is 3.29. The van der Waals surface area contributed by atoms with Gasteiger partial charge in [0.1, 0.15) is 5.82 Å². The zero-order valence-corrected chi connectivity index (χ0v) is 15.0. The molecule has 1 heterocycles. The maximum atomic E-state index is 5.40. The topological polar surface area (TPSA) is 59.2 Å². The van der Waals surface area contributed by atoms with Gasteiger partial charge in [-0.1, -0.05) is 11.6 Å². The lowest BCUT2D eigenvalue weighted by Gasteiger charge is -2.15. The van der Waals surface area contributed by atoms with Crippen LogP contribution in [0.4, 0.5) is 5.82 Å². The van der Waals surface area contributed by atoms with E-state index in [1.165, 1.54) is 25.7 Å². The van der Waals surface area contributed by atoms with Gasteiger partial charge in [0.15, 0.2) is 16.3 Å². The van der Waals surface area contributed by atoms with Crippen molar-refractivity contribution < 1.29 is 9.47 Å². The van der Waals surface area contributed by atoms with Crippen LogP contribution in [0.15, 0.2) is 23.8 Å². The maximum absolute atomic E-state index is 5.40. The number of aromatic amines is 1. The quantitative estimate of drug-likeness (QED) is 0.591. The van der Waals surface area contributed by atoms with E-state index < -0.39 is 0 Å². The molecular formula is C18H23N3O2S. The van der Waals surface area contributed by atoms with Crippen LogP contribution in [0, 0.1) is 4.77 Å². The van der Waals surface area contributed by atoms with Crippen molar-refractivity contribution in [2.24, 2.45) is 0 Å². The summed E-state index contributed by atoms with van der Waals surface area (Å²) in [6.45, 7) is 0.848. The van der Waals surface area contributed by atoms with Gasteiger partial charge in [0.2, 0.25) is 0 Å². The van der Waals surface area contributed by atoms with E-state index in [4.69, 9.17) is 21.7 Å².